The summed E-state index contributed by atoms with van der Waals surface area (Å²) in [6.45, 7) is 8.26. The average molecular weight is 322 g/mol. The zero-order valence-electron chi connectivity index (χ0n) is 14.1. The fourth-order valence-corrected chi connectivity index (χ4v) is 2.61. The number of ketones is 1. The third-order valence-corrected chi connectivity index (χ3v) is 3.80. The van der Waals surface area contributed by atoms with Crippen molar-refractivity contribution in [3.05, 3.63) is 24.2 Å². The lowest BCUT2D eigenvalue weighted by molar-refractivity contribution is 0.0510. The molecule has 0 saturated carbocycles. The number of Topliss-reactive ketones (excluding diaryl/α,β-unsaturated/α-hetero) is 1. The van der Waals surface area contributed by atoms with Gasteiger partial charge >= 0.3 is 6.09 Å². The van der Waals surface area contributed by atoms with E-state index in [1.165, 1.54) is 6.26 Å². The summed E-state index contributed by atoms with van der Waals surface area (Å²) in [5.74, 6) is 0.858. The molecule has 0 atom stereocenters. The molecule has 0 bridgehead atoms. The minimum Gasteiger partial charge on any atom is -0.461 e. The first-order chi connectivity index (χ1) is 10.8. The Morgan fingerprint density at radius 2 is 2.04 bits per heavy atom. The number of carbonyl (C=O) groups is 2. The van der Waals surface area contributed by atoms with Crippen molar-refractivity contribution in [3.63, 3.8) is 0 Å². The number of hydrogen-bond acceptors (Lipinski definition) is 5. The van der Waals surface area contributed by atoms with Gasteiger partial charge in [0.2, 0.25) is 5.78 Å². The average Bonchev–Trinajstić information content (AvgIpc) is 2.99. The van der Waals surface area contributed by atoms with E-state index >= 15 is 0 Å². The smallest absolute Gasteiger partial charge is 0.407 e. The molecule has 128 valence electrons. The second-order valence-corrected chi connectivity index (χ2v) is 7.00. The normalized spacial score (nSPS) is 17.0. The van der Waals surface area contributed by atoms with Gasteiger partial charge in [0.15, 0.2) is 5.76 Å². The van der Waals surface area contributed by atoms with Crippen LogP contribution in [-0.2, 0) is 4.74 Å². The molecule has 1 aliphatic heterocycles. The number of furan rings is 1. The van der Waals surface area contributed by atoms with Gasteiger partial charge in [0.05, 0.1) is 12.8 Å². The number of nitrogens with one attached hydrogen (secondary N) is 1. The van der Waals surface area contributed by atoms with E-state index in [9.17, 15) is 9.59 Å². The molecular weight excluding hydrogens is 296 g/mol. The highest BCUT2D eigenvalue weighted by Gasteiger charge is 2.23. The van der Waals surface area contributed by atoms with Gasteiger partial charge in [-0.1, -0.05) is 0 Å². The fourth-order valence-electron chi connectivity index (χ4n) is 2.61. The first-order valence-corrected chi connectivity index (χ1v) is 8.09. The zero-order chi connectivity index (χ0) is 16.9. The molecule has 1 fully saturated rings. The van der Waals surface area contributed by atoms with Crippen molar-refractivity contribution >= 4 is 11.9 Å². The maximum absolute atomic E-state index is 12.0. The van der Waals surface area contributed by atoms with Gasteiger partial charge in [-0.2, -0.15) is 0 Å². The van der Waals surface area contributed by atoms with Crippen molar-refractivity contribution < 1.29 is 18.7 Å². The number of rotatable bonds is 5. The summed E-state index contributed by atoms with van der Waals surface area (Å²) in [5.41, 5.74) is -0.473. The van der Waals surface area contributed by atoms with Crippen LogP contribution in [0.1, 0.15) is 44.2 Å². The Bertz CT molecular complexity index is 511. The van der Waals surface area contributed by atoms with E-state index in [1.54, 1.807) is 12.1 Å². The summed E-state index contributed by atoms with van der Waals surface area (Å²) >= 11 is 0. The lowest BCUT2D eigenvalue weighted by Gasteiger charge is -2.31. The second kappa shape index (κ2) is 7.64. The molecule has 2 heterocycles. The highest BCUT2D eigenvalue weighted by atomic mass is 16.6. The highest BCUT2D eigenvalue weighted by Crippen LogP contribution is 2.17. The number of amides is 1. The van der Waals surface area contributed by atoms with Gasteiger partial charge in [0.1, 0.15) is 5.60 Å². The lowest BCUT2D eigenvalue weighted by Crippen LogP contribution is -2.41. The number of carbonyl (C=O) groups excluding carboxylic acids is 2. The van der Waals surface area contributed by atoms with E-state index in [-0.39, 0.29) is 11.9 Å². The van der Waals surface area contributed by atoms with Crippen molar-refractivity contribution in [1.29, 1.82) is 0 Å². The van der Waals surface area contributed by atoms with Gasteiger partial charge in [-0.3, -0.25) is 9.69 Å². The number of ether oxygens (including phenoxy) is 1. The van der Waals surface area contributed by atoms with E-state index in [0.717, 1.165) is 25.9 Å². The van der Waals surface area contributed by atoms with Gasteiger partial charge in [0.25, 0.3) is 0 Å². The van der Waals surface area contributed by atoms with E-state index in [4.69, 9.17) is 9.15 Å². The minimum absolute atomic E-state index is 0.0142. The van der Waals surface area contributed by atoms with Gasteiger partial charge in [0, 0.05) is 6.54 Å². The predicted octanol–water partition coefficient (Wildman–Crippen LogP) is 2.70. The first kappa shape index (κ1) is 17.5. The third-order valence-electron chi connectivity index (χ3n) is 3.80. The molecule has 0 aromatic carbocycles. The van der Waals surface area contributed by atoms with E-state index < -0.39 is 5.60 Å². The number of piperidine rings is 1. The Kier molecular flexibility index (Phi) is 5.82. The molecular formula is C17H26N2O4. The van der Waals surface area contributed by atoms with Crippen LogP contribution in [0.25, 0.3) is 0 Å². The number of nitrogens with zero attached hydrogens (tertiary/aromatic N) is 1. The summed E-state index contributed by atoms with van der Waals surface area (Å²) in [6, 6.07) is 3.42. The molecule has 0 spiro atoms. The van der Waals surface area contributed by atoms with Crippen LogP contribution in [-0.4, -0.2) is 48.6 Å². The largest absolute Gasteiger partial charge is 0.461 e. The quantitative estimate of drug-likeness (QED) is 0.844. The minimum atomic E-state index is -0.473. The van der Waals surface area contributed by atoms with Crippen LogP contribution in [0.3, 0.4) is 0 Å². The molecule has 1 amide bonds. The maximum atomic E-state index is 12.0. The summed E-state index contributed by atoms with van der Waals surface area (Å²) in [6.07, 6.45) is 3.07. The zero-order valence-corrected chi connectivity index (χ0v) is 14.1. The lowest BCUT2D eigenvalue weighted by atomic mass is 9.96. The Balaban J connectivity index is 1.66. The number of hydrogen-bond donors (Lipinski definition) is 1. The third kappa shape index (κ3) is 6.06. The molecule has 1 N–H and O–H groups in total. The van der Waals surface area contributed by atoms with Gasteiger partial charge in [-0.05, 0) is 64.8 Å². The van der Waals surface area contributed by atoms with Crippen LogP contribution in [0, 0.1) is 5.92 Å². The van der Waals surface area contributed by atoms with Crippen molar-refractivity contribution in [2.45, 2.75) is 39.2 Å². The standard InChI is InChI=1S/C17H26N2O4/c1-17(2,3)23-16(21)18-11-13-6-8-19(9-7-13)12-14(20)15-5-4-10-22-15/h4-5,10,13H,6-9,11-12H2,1-3H3,(H,18,21). The fraction of sp³-hybridized carbons (Fsp3) is 0.647. The van der Waals surface area contributed by atoms with Crippen LogP contribution in [0.4, 0.5) is 4.79 Å². The van der Waals surface area contributed by atoms with Crippen LogP contribution >= 0.6 is 0 Å². The van der Waals surface area contributed by atoms with Crippen LogP contribution in [0.15, 0.2) is 22.8 Å². The summed E-state index contributed by atoms with van der Waals surface area (Å²) in [5, 5.41) is 2.83. The molecule has 0 unspecified atom stereocenters. The summed E-state index contributed by atoms with van der Waals surface area (Å²) in [7, 11) is 0. The van der Waals surface area contributed by atoms with E-state index in [0.29, 0.717) is 24.8 Å². The molecule has 23 heavy (non-hydrogen) atoms. The summed E-state index contributed by atoms with van der Waals surface area (Å²) in [4.78, 5) is 25.8. The van der Waals surface area contributed by atoms with Crippen molar-refractivity contribution in [2.24, 2.45) is 5.92 Å². The van der Waals surface area contributed by atoms with E-state index in [1.807, 2.05) is 20.8 Å². The molecule has 6 nitrogen and oxygen atoms in total. The van der Waals surface area contributed by atoms with Crippen molar-refractivity contribution in [1.82, 2.24) is 10.2 Å². The van der Waals surface area contributed by atoms with Gasteiger partial charge in [-0.25, -0.2) is 4.79 Å². The molecule has 0 aliphatic carbocycles. The van der Waals surface area contributed by atoms with Gasteiger partial charge < -0.3 is 14.5 Å². The van der Waals surface area contributed by atoms with E-state index in [2.05, 4.69) is 10.2 Å². The Labute approximate surface area is 137 Å². The summed E-state index contributed by atoms with van der Waals surface area (Å²) < 4.78 is 10.4. The van der Waals surface area contributed by atoms with Crippen molar-refractivity contribution in [3.8, 4) is 0 Å². The highest BCUT2D eigenvalue weighted by molar-refractivity contribution is 5.94. The molecule has 1 aliphatic rings. The topological polar surface area (TPSA) is 71.8 Å². The van der Waals surface area contributed by atoms with Crippen molar-refractivity contribution in [2.75, 3.05) is 26.2 Å². The number of alkyl carbamates (subject to hydrolysis) is 1. The Morgan fingerprint density at radius 1 is 1.35 bits per heavy atom. The molecule has 1 saturated heterocycles. The Hall–Kier alpha value is -1.82. The monoisotopic (exact) mass is 322 g/mol. The predicted molar refractivity (Wildman–Crippen MR) is 86.4 cm³/mol. The molecule has 6 heteroatoms. The van der Waals surface area contributed by atoms with Crippen LogP contribution in [0.5, 0.6) is 0 Å². The molecule has 2 rings (SSSR count). The van der Waals surface area contributed by atoms with Gasteiger partial charge in [-0.15, -0.1) is 0 Å². The molecule has 1 aromatic heterocycles. The van der Waals surface area contributed by atoms with Crippen LogP contribution in [0.2, 0.25) is 0 Å². The SMILES string of the molecule is CC(C)(C)OC(=O)NCC1CCN(CC(=O)c2ccco2)CC1. The number of likely N-dealkylation sites (tertiary alicyclic amines) is 1. The van der Waals surface area contributed by atoms with Crippen LogP contribution < -0.4 is 5.32 Å². The Morgan fingerprint density at radius 3 is 2.61 bits per heavy atom. The molecule has 0 radical (unpaired) electrons. The first-order valence-electron chi connectivity index (χ1n) is 8.09. The molecule has 1 aromatic rings. The second-order valence-electron chi connectivity index (χ2n) is 7.00. The maximum Gasteiger partial charge on any atom is 0.407 e.